The third-order valence-electron chi connectivity index (χ3n) is 2.81. The maximum atomic E-state index is 12.4. The number of pyridine rings is 1. The van der Waals surface area contributed by atoms with Gasteiger partial charge >= 0.3 is 0 Å². The van der Waals surface area contributed by atoms with E-state index in [2.05, 4.69) is 9.71 Å². The molecule has 0 aliphatic rings. The second kappa shape index (κ2) is 4.88. The van der Waals surface area contributed by atoms with Gasteiger partial charge in [-0.1, -0.05) is 18.2 Å². The minimum atomic E-state index is -3.65. The van der Waals surface area contributed by atoms with Crippen LogP contribution in [-0.4, -0.2) is 25.5 Å². The Morgan fingerprint density at radius 3 is 2.63 bits per heavy atom. The second-order valence-electron chi connectivity index (χ2n) is 5.02. The van der Waals surface area contributed by atoms with Crippen molar-refractivity contribution < 1.29 is 8.42 Å². The number of para-hydroxylation sites is 1. The molecule has 0 bridgehead atoms. The number of nitrogens with two attached hydrogens (primary N) is 1. The van der Waals surface area contributed by atoms with E-state index in [9.17, 15) is 8.42 Å². The van der Waals surface area contributed by atoms with Crippen molar-refractivity contribution in [3.8, 4) is 0 Å². The first kappa shape index (κ1) is 13.9. The van der Waals surface area contributed by atoms with Gasteiger partial charge in [0.05, 0.1) is 5.52 Å². The number of benzene rings is 1. The Balaban J connectivity index is 2.55. The van der Waals surface area contributed by atoms with Crippen LogP contribution in [0.2, 0.25) is 0 Å². The summed E-state index contributed by atoms with van der Waals surface area (Å²) in [5.74, 6) is 0. The highest BCUT2D eigenvalue weighted by Gasteiger charge is 2.26. The van der Waals surface area contributed by atoms with Crippen LogP contribution in [0, 0.1) is 0 Å². The van der Waals surface area contributed by atoms with E-state index in [1.54, 1.807) is 38.2 Å². The molecule has 0 unspecified atom stereocenters. The van der Waals surface area contributed by atoms with Gasteiger partial charge in [0.2, 0.25) is 10.0 Å². The van der Waals surface area contributed by atoms with Crippen LogP contribution in [0.4, 0.5) is 0 Å². The Bertz CT molecular complexity index is 691. The zero-order valence-electron chi connectivity index (χ0n) is 10.9. The van der Waals surface area contributed by atoms with Crippen molar-refractivity contribution >= 4 is 20.9 Å². The highest BCUT2D eigenvalue weighted by Crippen LogP contribution is 2.21. The van der Waals surface area contributed by atoms with Gasteiger partial charge in [-0.05, 0) is 26.0 Å². The van der Waals surface area contributed by atoms with Gasteiger partial charge in [-0.25, -0.2) is 13.1 Å². The molecule has 0 atom stereocenters. The number of nitrogens with zero attached hydrogens (tertiary/aromatic N) is 1. The number of aromatic nitrogens is 1. The quantitative estimate of drug-likeness (QED) is 0.882. The number of fused-ring (bicyclic) bond motifs is 1. The molecule has 102 valence electrons. The molecule has 0 aliphatic carbocycles. The number of hydrogen-bond acceptors (Lipinski definition) is 4. The summed E-state index contributed by atoms with van der Waals surface area (Å²) in [6, 6.07) is 8.68. The van der Waals surface area contributed by atoms with Crippen LogP contribution in [0.5, 0.6) is 0 Å². The van der Waals surface area contributed by atoms with Gasteiger partial charge < -0.3 is 5.73 Å². The van der Waals surface area contributed by atoms with Crippen LogP contribution in [0.25, 0.3) is 10.9 Å². The van der Waals surface area contributed by atoms with Gasteiger partial charge in [-0.3, -0.25) is 4.98 Å². The van der Waals surface area contributed by atoms with E-state index in [1.165, 1.54) is 0 Å². The van der Waals surface area contributed by atoms with Crippen molar-refractivity contribution in [1.29, 1.82) is 0 Å². The molecule has 2 rings (SSSR count). The molecule has 0 spiro atoms. The fourth-order valence-corrected chi connectivity index (χ4v) is 3.36. The van der Waals surface area contributed by atoms with Crippen LogP contribution in [0.15, 0.2) is 41.4 Å². The summed E-state index contributed by atoms with van der Waals surface area (Å²) in [6.45, 7) is 3.69. The van der Waals surface area contributed by atoms with Gasteiger partial charge in [0.25, 0.3) is 0 Å². The Morgan fingerprint density at radius 1 is 1.26 bits per heavy atom. The molecule has 0 amide bonds. The van der Waals surface area contributed by atoms with Crippen molar-refractivity contribution in [3.05, 3.63) is 36.5 Å². The summed E-state index contributed by atoms with van der Waals surface area (Å²) in [6.07, 6.45) is 1.58. The molecule has 1 aromatic carbocycles. The van der Waals surface area contributed by atoms with Gasteiger partial charge in [0, 0.05) is 23.7 Å². The summed E-state index contributed by atoms with van der Waals surface area (Å²) < 4.78 is 27.4. The first-order valence-electron chi connectivity index (χ1n) is 5.93. The molecule has 2 aromatic rings. The molecule has 0 fully saturated rings. The predicted octanol–water partition coefficient (Wildman–Crippen LogP) is 1.25. The Labute approximate surface area is 112 Å². The summed E-state index contributed by atoms with van der Waals surface area (Å²) in [5.41, 5.74) is 5.33. The van der Waals surface area contributed by atoms with Crippen molar-refractivity contribution in [2.24, 2.45) is 5.73 Å². The molecule has 0 aliphatic heterocycles. The van der Waals surface area contributed by atoms with E-state index < -0.39 is 15.6 Å². The van der Waals surface area contributed by atoms with Crippen LogP contribution in [0.1, 0.15) is 13.8 Å². The zero-order valence-corrected chi connectivity index (χ0v) is 11.7. The van der Waals surface area contributed by atoms with Gasteiger partial charge in [0.1, 0.15) is 4.90 Å². The minimum Gasteiger partial charge on any atom is -0.329 e. The van der Waals surface area contributed by atoms with Crippen molar-refractivity contribution in [1.82, 2.24) is 9.71 Å². The van der Waals surface area contributed by atoms with E-state index in [0.29, 0.717) is 5.52 Å². The Kier molecular flexibility index (Phi) is 3.58. The molecule has 3 N–H and O–H groups in total. The monoisotopic (exact) mass is 279 g/mol. The van der Waals surface area contributed by atoms with E-state index in [1.807, 2.05) is 12.1 Å². The van der Waals surface area contributed by atoms with Crippen molar-refractivity contribution in [2.75, 3.05) is 6.54 Å². The lowest BCUT2D eigenvalue weighted by Gasteiger charge is -2.24. The summed E-state index contributed by atoms with van der Waals surface area (Å²) in [7, 11) is -3.65. The average molecular weight is 279 g/mol. The van der Waals surface area contributed by atoms with Crippen LogP contribution in [0.3, 0.4) is 0 Å². The lowest BCUT2D eigenvalue weighted by molar-refractivity contribution is 0.463. The standard InChI is InChI=1S/C13H17N3O2S/c1-13(2,9-14)16-19(17,18)11-7-3-5-10-6-4-8-15-12(10)11/h3-8,16H,9,14H2,1-2H3. The first-order chi connectivity index (χ1) is 8.86. The number of sulfonamides is 1. The lowest BCUT2D eigenvalue weighted by atomic mass is 10.1. The molecule has 0 saturated carbocycles. The molecule has 1 aromatic heterocycles. The van der Waals surface area contributed by atoms with Gasteiger partial charge in [-0.2, -0.15) is 0 Å². The summed E-state index contributed by atoms with van der Waals surface area (Å²) in [5, 5.41) is 0.788. The fourth-order valence-electron chi connectivity index (χ4n) is 1.75. The van der Waals surface area contributed by atoms with E-state index in [4.69, 9.17) is 5.73 Å². The summed E-state index contributed by atoms with van der Waals surface area (Å²) in [4.78, 5) is 4.33. The molecular formula is C13H17N3O2S. The molecule has 0 saturated heterocycles. The van der Waals surface area contributed by atoms with Crippen molar-refractivity contribution in [2.45, 2.75) is 24.3 Å². The molecule has 5 nitrogen and oxygen atoms in total. The first-order valence-corrected chi connectivity index (χ1v) is 7.42. The van der Waals surface area contributed by atoms with Crippen LogP contribution >= 0.6 is 0 Å². The number of rotatable bonds is 4. The maximum absolute atomic E-state index is 12.4. The largest absolute Gasteiger partial charge is 0.329 e. The molecule has 1 heterocycles. The number of nitrogens with one attached hydrogen (secondary N) is 1. The fraction of sp³-hybridized carbons (Fsp3) is 0.308. The number of hydrogen-bond donors (Lipinski definition) is 2. The maximum Gasteiger partial charge on any atom is 0.243 e. The van der Waals surface area contributed by atoms with Crippen LogP contribution < -0.4 is 10.5 Å². The molecular weight excluding hydrogens is 262 g/mol. The second-order valence-corrected chi connectivity index (χ2v) is 6.68. The minimum absolute atomic E-state index is 0.173. The third kappa shape index (κ3) is 2.91. The van der Waals surface area contributed by atoms with Crippen molar-refractivity contribution in [3.63, 3.8) is 0 Å². The zero-order chi connectivity index (χ0) is 14.1. The predicted molar refractivity (Wildman–Crippen MR) is 75.2 cm³/mol. The van der Waals surface area contributed by atoms with E-state index >= 15 is 0 Å². The molecule has 6 heteroatoms. The lowest BCUT2D eigenvalue weighted by Crippen LogP contribution is -2.48. The smallest absolute Gasteiger partial charge is 0.243 e. The molecule has 0 radical (unpaired) electrons. The van der Waals surface area contributed by atoms with E-state index in [-0.39, 0.29) is 11.4 Å². The third-order valence-corrected chi connectivity index (χ3v) is 4.54. The van der Waals surface area contributed by atoms with E-state index in [0.717, 1.165) is 5.39 Å². The highest BCUT2D eigenvalue weighted by molar-refractivity contribution is 7.89. The summed E-state index contributed by atoms with van der Waals surface area (Å²) >= 11 is 0. The topological polar surface area (TPSA) is 85.1 Å². The molecule has 19 heavy (non-hydrogen) atoms. The normalized spacial score (nSPS) is 12.8. The van der Waals surface area contributed by atoms with Gasteiger partial charge in [-0.15, -0.1) is 0 Å². The SMILES string of the molecule is CC(C)(CN)NS(=O)(=O)c1cccc2cccnc12. The Morgan fingerprint density at radius 2 is 1.95 bits per heavy atom. The average Bonchev–Trinajstić information content (AvgIpc) is 2.37. The van der Waals surface area contributed by atoms with Crippen LogP contribution in [-0.2, 0) is 10.0 Å². The highest BCUT2D eigenvalue weighted by atomic mass is 32.2. The Hall–Kier alpha value is -1.50. The van der Waals surface area contributed by atoms with Gasteiger partial charge in [0.15, 0.2) is 0 Å².